The molecule has 0 radical (unpaired) electrons. The zero-order valence-electron chi connectivity index (χ0n) is 10.8. The van der Waals surface area contributed by atoms with Gasteiger partial charge < -0.3 is 5.32 Å². The Bertz CT molecular complexity index is 425. The van der Waals surface area contributed by atoms with E-state index < -0.39 is 5.82 Å². The number of carbonyl (C=O) groups excluding carboxylic acids is 1. The number of benzene rings is 1. The minimum Gasteiger partial charge on any atom is -0.355 e. The van der Waals surface area contributed by atoms with Crippen molar-refractivity contribution in [3.63, 3.8) is 0 Å². The molecule has 1 aromatic carbocycles. The van der Waals surface area contributed by atoms with Crippen LogP contribution in [0.4, 0.5) is 4.39 Å². The van der Waals surface area contributed by atoms with Gasteiger partial charge in [-0.25, -0.2) is 4.39 Å². The molecule has 0 aliphatic carbocycles. The van der Waals surface area contributed by atoms with Crippen molar-refractivity contribution in [2.24, 2.45) is 0 Å². The molecule has 0 saturated heterocycles. The summed E-state index contributed by atoms with van der Waals surface area (Å²) in [4.78, 5) is 11.6. The molecule has 0 aromatic heterocycles. The van der Waals surface area contributed by atoms with Crippen LogP contribution in [0, 0.1) is 5.82 Å². The fourth-order valence-electron chi connectivity index (χ4n) is 1.66. The normalized spacial score (nSPS) is 14.1. The standard InChI is InChI=1S/C13H18ClFN2O/c1-4-16-13(18)9(3)17-8(2)10-5-6-11(14)12(15)7-10/h5-9,17H,4H2,1-3H3,(H,16,18). The first-order chi connectivity index (χ1) is 8.45. The molecule has 100 valence electrons. The second-order valence-corrected chi connectivity index (χ2v) is 4.59. The third-order valence-electron chi connectivity index (χ3n) is 2.69. The SMILES string of the molecule is CCNC(=O)C(C)NC(C)c1ccc(Cl)c(F)c1. The van der Waals surface area contributed by atoms with Crippen LogP contribution in [0.3, 0.4) is 0 Å². The monoisotopic (exact) mass is 272 g/mol. The quantitative estimate of drug-likeness (QED) is 0.865. The van der Waals surface area contributed by atoms with E-state index >= 15 is 0 Å². The van der Waals surface area contributed by atoms with Gasteiger partial charge >= 0.3 is 0 Å². The van der Waals surface area contributed by atoms with E-state index in [1.165, 1.54) is 12.1 Å². The summed E-state index contributed by atoms with van der Waals surface area (Å²) < 4.78 is 13.3. The highest BCUT2D eigenvalue weighted by atomic mass is 35.5. The number of nitrogens with one attached hydrogen (secondary N) is 2. The average Bonchev–Trinajstić information content (AvgIpc) is 2.32. The lowest BCUT2D eigenvalue weighted by molar-refractivity contribution is -0.122. The van der Waals surface area contributed by atoms with Crippen molar-refractivity contribution in [3.05, 3.63) is 34.6 Å². The number of hydrogen-bond acceptors (Lipinski definition) is 2. The molecule has 0 spiro atoms. The minimum atomic E-state index is -0.450. The number of halogens is 2. The Morgan fingerprint density at radius 2 is 2.11 bits per heavy atom. The highest BCUT2D eigenvalue weighted by molar-refractivity contribution is 6.30. The van der Waals surface area contributed by atoms with Gasteiger partial charge in [-0.05, 0) is 38.5 Å². The van der Waals surface area contributed by atoms with Crippen molar-refractivity contribution in [1.29, 1.82) is 0 Å². The molecular weight excluding hydrogens is 255 g/mol. The first-order valence-corrected chi connectivity index (χ1v) is 6.32. The first-order valence-electron chi connectivity index (χ1n) is 5.94. The van der Waals surface area contributed by atoms with Crippen molar-refractivity contribution in [2.45, 2.75) is 32.9 Å². The van der Waals surface area contributed by atoms with Crippen LogP contribution < -0.4 is 10.6 Å². The van der Waals surface area contributed by atoms with Crippen molar-refractivity contribution in [2.75, 3.05) is 6.54 Å². The molecule has 0 aliphatic rings. The van der Waals surface area contributed by atoms with Crippen LogP contribution in [-0.2, 0) is 4.79 Å². The van der Waals surface area contributed by atoms with Gasteiger partial charge in [0.1, 0.15) is 5.82 Å². The Hall–Kier alpha value is -1.13. The lowest BCUT2D eigenvalue weighted by atomic mass is 10.1. The van der Waals surface area contributed by atoms with Crippen LogP contribution >= 0.6 is 11.6 Å². The van der Waals surface area contributed by atoms with Gasteiger partial charge in [0.15, 0.2) is 0 Å². The zero-order valence-corrected chi connectivity index (χ0v) is 11.5. The summed E-state index contributed by atoms with van der Waals surface area (Å²) in [6.45, 7) is 6.10. The van der Waals surface area contributed by atoms with E-state index in [0.29, 0.717) is 6.54 Å². The van der Waals surface area contributed by atoms with Crippen LogP contribution in [-0.4, -0.2) is 18.5 Å². The van der Waals surface area contributed by atoms with Gasteiger partial charge in [-0.1, -0.05) is 17.7 Å². The Balaban J connectivity index is 2.67. The summed E-state index contributed by atoms with van der Waals surface area (Å²) in [7, 11) is 0. The van der Waals surface area contributed by atoms with E-state index in [4.69, 9.17) is 11.6 Å². The van der Waals surface area contributed by atoms with Gasteiger partial charge in [-0.3, -0.25) is 10.1 Å². The molecule has 5 heteroatoms. The van der Waals surface area contributed by atoms with Crippen LogP contribution in [0.5, 0.6) is 0 Å². The van der Waals surface area contributed by atoms with Crippen LogP contribution in [0.15, 0.2) is 18.2 Å². The molecule has 1 aromatic rings. The second-order valence-electron chi connectivity index (χ2n) is 4.18. The summed E-state index contributed by atoms with van der Waals surface area (Å²) in [5.74, 6) is -0.521. The third kappa shape index (κ3) is 3.96. The van der Waals surface area contributed by atoms with E-state index in [0.717, 1.165) is 5.56 Å². The van der Waals surface area contributed by atoms with Gasteiger partial charge in [0.25, 0.3) is 0 Å². The van der Waals surface area contributed by atoms with E-state index in [2.05, 4.69) is 10.6 Å². The molecular formula is C13H18ClFN2O. The zero-order chi connectivity index (χ0) is 13.7. The molecule has 3 nitrogen and oxygen atoms in total. The highest BCUT2D eigenvalue weighted by Gasteiger charge is 2.16. The number of likely N-dealkylation sites (N-methyl/N-ethyl adjacent to an activating group) is 1. The van der Waals surface area contributed by atoms with Crippen LogP contribution in [0.1, 0.15) is 32.4 Å². The predicted octanol–water partition coefficient (Wildman–Crippen LogP) is 2.65. The molecule has 2 atom stereocenters. The molecule has 0 bridgehead atoms. The summed E-state index contributed by atoms with van der Waals surface area (Å²) in [5, 5.41) is 5.93. The molecule has 18 heavy (non-hydrogen) atoms. The van der Waals surface area contributed by atoms with Crippen molar-refractivity contribution in [1.82, 2.24) is 10.6 Å². The Labute approximate surface area is 112 Å². The van der Waals surface area contributed by atoms with Gasteiger partial charge in [-0.15, -0.1) is 0 Å². The molecule has 2 N–H and O–H groups in total. The fraction of sp³-hybridized carbons (Fsp3) is 0.462. The maximum atomic E-state index is 13.3. The highest BCUT2D eigenvalue weighted by Crippen LogP contribution is 2.20. The molecule has 0 saturated carbocycles. The number of amides is 1. The average molecular weight is 273 g/mol. The van der Waals surface area contributed by atoms with E-state index in [1.807, 2.05) is 13.8 Å². The molecule has 1 rings (SSSR count). The summed E-state index contributed by atoms with van der Waals surface area (Å²) >= 11 is 5.62. The topological polar surface area (TPSA) is 41.1 Å². The molecule has 2 unspecified atom stereocenters. The fourth-order valence-corrected chi connectivity index (χ4v) is 1.77. The predicted molar refractivity (Wildman–Crippen MR) is 71.1 cm³/mol. The Kier molecular flexibility index (Phi) is 5.56. The van der Waals surface area contributed by atoms with E-state index in [9.17, 15) is 9.18 Å². The minimum absolute atomic E-state index is 0.0706. The summed E-state index contributed by atoms with van der Waals surface area (Å²) in [6, 6.07) is 4.17. The van der Waals surface area contributed by atoms with Crippen molar-refractivity contribution in [3.8, 4) is 0 Å². The van der Waals surface area contributed by atoms with Gasteiger partial charge in [0.05, 0.1) is 11.1 Å². The van der Waals surface area contributed by atoms with Crippen LogP contribution in [0.2, 0.25) is 5.02 Å². The second kappa shape index (κ2) is 6.71. The van der Waals surface area contributed by atoms with E-state index in [1.54, 1.807) is 13.0 Å². The lowest BCUT2D eigenvalue weighted by Crippen LogP contribution is -2.43. The van der Waals surface area contributed by atoms with E-state index in [-0.39, 0.29) is 23.0 Å². The smallest absolute Gasteiger partial charge is 0.236 e. The molecule has 0 aliphatic heterocycles. The number of hydrogen-bond donors (Lipinski definition) is 2. The van der Waals surface area contributed by atoms with Gasteiger partial charge in [0.2, 0.25) is 5.91 Å². The number of carbonyl (C=O) groups is 1. The lowest BCUT2D eigenvalue weighted by Gasteiger charge is -2.19. The first kappa shape index (κ1) is 14.9. The number of rotatable bonds is 5. The summed E-state index contributed by atoms with van der Waals surface area (Å²) in [6.07, 6.45) is 0. The molecule has 1 amide bonds. The van der Waals surface area contributed by atoms with Gasteiger partial charge in [0, 0.05) is 12.6 Å². The van der Waals surface area contributed by atoms with Crippen molar-refractivity contribution >= 4 is 17.5 Å². The maximum absolute atomic E-state index is 13.3. The van der Waals surface area contributed by atoms with Crippen LogP contribution in [0.25, 0.3) is 0 Å². The molecule has 0 fully saturated rings. The maximum Gasteiger partial charge on any atom is 0.236 e. The largest absolute Gasteiger partial charge is 0.355 e. The summed E-state index contributed by atoms with van der Waals surface area (Å²) in [5.41, 5.74) is 0.757. The Morgan fingerprint density at radius 3 is 2.67 bits per heavy atom. The third-order valence-corrected chi connectivity index (χ3v) is 2.99. The van der Waals surface area contributed by atoms with Crippen molar-refractivity contribution < 1.29 is 9.18 Å². The molecule has 0 heterocycles. The van der Waals surface area contributed by atoms with Gasteiger partial charge in [-0.2, -0.15) is 0 Å². The Morgan fingerprint density at radius 1 is 1.44 bits per heavy atom.